The van der Waals surface area contributed by atoms with Crippen LogP contribution in [0.2, 0.25) is 0 Å². The number of hydrogen-bond donors (Lipinski definition) is 3. The Balaban J connectivity index is 2.99. The van der Waals surface area contributed by atoms with Gasteiger partial charge in [-0.3, -0.25) is 4.79 Å². The first-order valence-corrected chi connectivity index (χ1v) is 6.25. The quantitative estimate of drug-likeness (QED) is 0.648. The minimum Gasteiger partial charge on any atom is -0.480 e. The molecular formula is C10H10N2O5S. The van der Waals surface area contributed by atoms with Crippen molar-refractivity contribution in [3.05, 3.63) is 29.8 Å². The molecular weight excluding hydrogens is 260 g/mol. The average molecular weight is 270 g/mol. The van der Waals surface area contributed by atoms with Crippen LogP contribution in [0, 0.1) is 11.3 Å². The van der Waals surface area contributed by atoms with Crippen molar-refractivity contribution >= 4 is 16.0 Å². The second-order valence-electron chi connectivity index (χ2n) is 3.33. The van der Waals surface area contributed by atoms with Crippen LogP contribution in [0.1, 0.15) is 5.56 Å². The van der Waals surface area contributed by atoms with E-state index in [0.29, 0.717) is 0 Å². The van der Waals surface area contributed by atoms with E-state index in [2.05, 4.69) is 0 Å². The third-order valence-corrected chi connectivity index (χ3v) is 3.56. The van der Waals surface area contributed by atoms with Crippen LogP contribution in [-0.4, -0.2) is 37.2 Å². The standard InChI is InChI=1S/C10H10N2O5S/c11-5-7-1-3-8(4-2-7)18(16,17)12-9(6-13)10(14)15/h1-4,9,12-13H,6H2,(H,14,15)/t9-/m1/s1. The molecule has 0 saturated carbocycles. The van der Waals surface area contributed by atoms with Crippen LogP contribution in [-0.2, 0) is 14.8 Å². The number of carboxylic acids is 1. The number of aliphatic carboxylic acids is 1. The number of benzene rings is 1. The lowest BCUT2D eigenvalue weighted by Gasteiger charge is -2.12. The molecule has 3 N–H and O–H groups in total. The first-order chi connectivity index (χ1) is 8.40. The van der Waals surface area contributed by atoms with E-state index >= 15 is 0 Å². The van der Waals surface area contributed by atoms with E-state index in [-0.39, 0.29) is 10.5 Å². The van der Waals surface area contributed by atoms with E-state index in [9.17, 15) is 13.2 Å². The molecule has 0 bridgehead atoms. The Morgan fingerprint density at radius 3 is 2.33 bits per heavy atom. The zero-order valence-electron chi connectivity index (χ0n) is 9.07. The summed E-state index contributed by atoms with van der Waals surface area (Å²) >= 11 is 0. The Bertz CT molecular complexity index is 573. The minimum atomic E-state index is -4.04. The number of carboxylic acid groups (broad SMARTS) is 1. The highest BCUT2D eigenvalue weighted by atomic mass is 32.2. The van der Waals surface area contributed by atoms with Crippen LogP contribution in [0.3, 0.4) is 0 Å². The Labute approximate surface area is 103 Å². The van der Waals surface area contributed by atoms with Crippen molar-refractivity contribution in [3.8, 4) is 6.07 Å². The molecule has 0 unspecified atom stereocenters. The Morgan fingerprint density at radius 2 is 1.94 bits per heavy atom. The van der Waals surface area contributed by atoms with E-state index in [4.69, 9.17) is 15.5 Å². The van der Waals surface area contributed by atoms with Crippen molar-refractivity contribution < 1.29 is 23.4 Å². The van der Waals surface area contributed by atoms with Gasteiger partial charge in [0.25, 0.3) is 0 Å². The summed E-state index contributed by atoms with van der Waals surface area (Å²) in [5.41, 5.74) is 0.283. The fraction of sp³-hybridized carbons (Fsp3) is 0.200. The molecule has 0 amide bonds. The SMILES string of the molecule is N#Cc1ccc(S(=O)(=O)N[C@H](CO)C(=O)O)cc1. The van der Waals surface area contributed by atoms with Crippen molar-refractivity contribution in [2.24, 2.45) is 0 Å². The summed E-state index contributed by atoms with van der Waals surface area (Å²) in [5, 5.41) is 25.9. The van der Waals surface area contributed by atoms with Gasteiger partial charge in [0.15, 0.2) is 0 Å². The molecule has 0 aromatic heterocycles. The van der Waals surface area contributed by atoms with Gasteiger partial charge in [0.1, 0.15) is 6.04 Å². The summed E-state index contributed by atoms with van der Waals surface area (Å²) in [5.74, 6) is -1.48. The Morgan fingerprint density at radius 1 is 1.39 bits per heavy atom. The van der Waals surface area contributed by atoms with E-state index in [1.165, 1.54) is 24.3 Å². The molecule has 1 rings (SSSR count). The number of nitriles is 1. The maximum Gasteiger partial charge on any atom is 0.324 e. The summed E-state index contributed by atoms with van der Waals surface area (Å²) in [6.45, 7) is -0.856. The molecule has 0 radical (unpaired) electrons. The smallest absolute Gasteiger partial charge is 0.324 e. The number of carbonyl (C=O) groups is 1. The summed E-state index contributed by atoms with van der Waals surface area (Å²) < 4.78 is 25.3. The average Bonchev–Trinajstić information content (AvgIpc) is 2.35. The summed E-state index contributed by atoms with van der Waals surface area (Å²) in [4.78, 5) is 10.4. The van der Waals surface area contributed by atoms with Crippen LogP contribution in [0.15, 0.2) is 29.2 Å². The molecule has 1 atom stereocenters. The lowest BCUT2D eigenvalue weighted by Crippen LogP contribution is -2.43. The van der Waals surface area contributed by atoms with Crippen LogP contribution < -0.4 is 4.72 Å². The third kappa shape index (κ3) is 3.27. The molecule has 0 aliphatic carbocycles. The van der Waals surface area contributed by atoms with E-state index in [0.717, 1.165) is 0 Å². The molecule has 0 aliphatic rings. The minimum absolute atomic E-state index is 0.179. The molecule has 0 fully saturated rings. The fourth-order valence-corrected chi connectivity index (χ4v) is 2.31. The maximum atomic E-state index is 11.7. The molecule has 0 heterocycles. The van der Waals surface area contributed by atoms with Crippen molar-refractivity contribution in [2.45, 2.75) is 10.9 Å². The van der Waals surface area contributed by atoms with Crippen LogP contribution >= 0.6 is 0 Å². The molecule has 0 aliphatic heterocycles. The molecule has 18 heavy (non-hydrogen) atoms. The molecule has 1 aromatic rings. The van der Waals surface area contributed by atoms with Gasteiger partial charge in [-0.2, -0.15) is 9.98 Å². The van der Waals surface area contributed by atoms with Crippen molar-refractivity contribution in [3.63, 3.8) is 0 Å². The first kappa shape index (κ1) is 14.1. The zero-order valence-corrected chi connectivity index (χ0v) is 9.88. The molecule has 0 saturated heterocycles. The normalized spacial score (nSPS) is 12.7. The van der Waals surface area contributed by atoms with Crippen molar-refractivity contribution in [1.82, 2.24) is 4.72 Å². The van der Waals surface area contributed by atoms with Gasteiger partial charge in [0, 0.05) is 0 Å². The third-order valence-electron chi connectivity index (χ3n) is 2.07. The number of nitrogens with zero attached hydrogens (tertiary/aromatic N) is 1. The summed E-state index contributed by atoms with van der Waals surface area (Å²) in [7, 11) is -4.04. The Kier molecular flexibility index (Phi) is 4.38. The Hall–Kier alpha value is -1.95. The van der Waals surface area contributed by atoms with Gasteiger partial charge in [-0.15, -0.1) is 0 Å². The monoisotopic (exact) mass is 270 g/mol. The molecule has 0 spiro atoms. The highest BCUT2D eigenvalue weighted by molar-refractivity contribution is 7.89. The van der Waals surface area contributed by atoms with Gasteiger partial charge in [-0.25, -0.2) is 8.42 Å². The van der Waals surface area contributed by atoms with Gasteiger partial charge >= 0.3 is 5.97 Å². The van der Waals surface area contributed by atoms with Gasteiger partial charge < -0.3 is 10.2 Å². The van der Waals surface area contributed by atoms with E-state index in [1.54, 1.807) is 0 Å². The number of hydrogen-bond acceptors (Lipinski definition) is 5. The number of rotatable bonds is 5. The number of nitrogens with one attached hydrogen (secondary N) is 1. The van der Waals surface area contributed by atoms with Crippen LogP contribution in [0.25, 0.3) is 0 Å². The van der Waals surface area contributed by atoms with Gasteiger partial charge in [-0.1, -0.05) is 0 Å². The summed E-state index contributed by atoms with van der Waals surface area (Å²) in [6, 6.07) is 5.17. The topological polar surface area (TPSA) is 127 Å². The highest BCUT2D eigenvalue weighted by Crippen LogP contribution is 2.10. The van der Waals surface area contributed by atoms with Crippen molar-refractivity contribution in [2.75, 3.05) is 6.61 Å². The summed E-state index contributed by atoms with van der Waals surface area (Å²) in [6.07, 6.45) is 0. The van der Waals surface area contributed by atoms with Gasteiger partial charge in [0.05, 0.1) is 23.1 Å². The number of sulfonamides is 1. The molecule has 96 valence electrons. The largest absolute Gasteiger partial charge is 0.480 e. The van der Waals surface area contributed by atoms with Gasteiger partial charge in [0.2, 0.25) is 10.0 Å². The zero-order chi connectivity index (χ0) is 13.8. The number of aliphatic hydroxyl groups is 1. The first-order valence-electron chi connectivity index (χ1n) is 4.77. The molecule has 8 heteroatoms. The molecule has 1 aromatic carbocycles. The lowest BCUT2D eigenvalue weighted by molar-refractivity contribution is -0.139. The van der Waals surface area contributed by atoms with Crippen LogP contribution in [0.5, 0.6) is 0 Å². The second kappa shape index (κ2) is 5.59. The van der Waals surface area contributed by atoms with E-state index in [1.807, 2.05) is 10.8 Å². The lowest BCUT2D eigenvalue weighted by atomic mass is 10.2. The highest BCUT2D eigenvalue weighted by Gasteiger charge is 2.24. The molecule has 7 nitrogen and oxygen atoms in total. The predicted octanol–water partition coefficient (Wildman–Crippen LogP) is -0.718. The second-order valence-corrected chi connectivity index (χ2v) is 5.04. The van der Waals surface area contributed by atoms with E-state index < -0.39 is 28.6 Å². The van der Waals surface area contributed by atoms with Gasteiger partial charge in [-0.05, 0) is 24.3 Å². The number of aliphatic hydroxyl groups excluding tert-OH is 1. The van der Waals surface area contributed by atoms with Crippen LogP contribution in [0.4, 0.5) is 0 Å². The maximum absolute atomic E-state index is 11.7. The fourth-order valence-electron chi connectivity index (χ4n) is 1.13. The van der Waals surface area contributed by atoms with Crippen molar-refractivity contribution in [1.29, 1.82) is 5.26 Å². The predicted molar refractivity (Wildman–Crippen MR) is 60.0 cm³/mol.